The number of nitro benzene ring substituents is 1. The number of hydrogen-bond donors (Lipinski definition) is 2. The summed E-state index contributed by atoms with van der Waals surface area (Å²) in [5.41, 5.74) is 2.93. The van der Waals surface area contributed by atoms with Crippen molar-refractivity contribution in [3.63, 3.8) is 0 Å². The van der Waals surface area contributed by atoms with Crippen LogP contribution in [0.4, 0.5) is 10.1 Å². The SMILES string of the molecule is O=C(CNC(=O)c1cccc(F)c1)N/N=C\c1ccc(OC(=O)c2ccc([N+](=O)[O-])cc2)cc1. The molecule has 0 fully saturated rings. The molecule has 0 saturated carbocycles. The Balaban J connectivity index is 1.45. The fourth-order valence-corrected chi connectivity index (χ4v) is 2.62. The molecule has 3 aromatic rings. The van der Waals surface area contributed by atoms with Crippen molar-refractivity contribution in [2.45, 2.75) is 0 Å². The molecule has 3 aromatic carbocycles. The van der Waals surface area contributed by atoms with Crippen LogP contribution in [-0.2, 0) is 4.79 Å². The van der Waals surface area contributed by atoms with Gasteiger partial charge in [-0.1, -0.05) is 6.07 Å². The molecule has 2 amide bonds. The third-order valence-corrected chi connectivity index (χ3v) is 4.30. The van der Waals surface area contributed by atoms with Crippen LogP contribution >= 0.6 is 0 Å². The number of ether oxygens (including phenoxy) is 1. The second-order valence-corrected chi connectivity index (χ2v) is 6.75. The third kappa shape index (κ3) is 6.79. The molecule has 11 heteroatoms. The van der Waals surface area contributed by atoms with Crippen LogP contribution in [0.15, 0.2) is 77.9 Å². The van der Waals surface area contributed by atoms with Gasteiger partial charge in [-0.15, -0.1) is 0 Å². The summed E-state index contributed by atoms with van der Waals surface area (Å²) in [6.07, 6.45) is 1.34. The summed E-state index contributed by atoms with van der Waals surface area (Å²) < 4.78 is 18.3. The van der Waals surface area contributed by atoms with Gasteiger partial charge in [-0.05, 0) is 60.2 Å². The molecule has 0 aliphatic carbocycles. The minimum atomic E-state index is -0.677. The van der Waals surface area contributed by atoms with Gasteiger partial charge in [-0.2, -0.15) is 5.10 Å². The number of hydrazone groups is 1. The summed E-state index contributed by atoms with van der Waals surface area (Å²) in [5, 5.41) is 16.8. The number of nitrogens with one attached hydrogen (secondary N) is 2. The zero-order chi connectivity index (χ0) is 24.5. The minimum absolute atomic E-state index is 0.0886. The normalized spacial score (nSPS) is 10.5. The van der Waals surface area contributed by atoms with Crippen molar-refractivity contribution in [2.24, 2.45) is 5.10 Å². The van der Waals surface area contributed by atoms with Crippen molar-refractivity contribution >= 4 is 29.7 Å². The Labute approximate surface area is 192 Å². The molecule has 2 N–H and O–H groups in total. The van der Waals surface area contributed by atoms with Gasteiger partial charge in [-0.25, -0.2) is 14.6 Å². The average Bonchev–Trinajstić information content (AvgIpc) is 2.83. The first-order valence-electron chi connectivity index (χ1n) is 9.74. The lowest BCUT2D eigenvalue weighted by molar-refractivity contribution is -0.384. The Morgan fingerprint density at radius 1 is 1.00 bits per heavy atom. The van der Waals surface area contributed by atoms with Crippen LogP contribution in [0.3, 0.4) is 0 Å². The molecule has 0 aromatic heterocycles. The zero-order valence-corrected chi connectivity index (χ0v) is 17.4. The summed E-state index contributed by atoms with van der Waals surface area (Å²) in [5.74, 6) is -2.19. The van der Waals surface area contributed by atoms with E-state index in [-0.39, 0.29) is 29.1 Å². The smallest absolute Gasteiger partial charge is 0.343 e. The second kappa shape index (κ2) is 11.1. The molecule has 0 atom stereocenters. The fraction of sp³-hybridized carbons (Fsp3) is 0.0435. The summed E-state index contributed by atoms with van der Waals surface area (Å²) in [7, 11) is 0. The molecule has 0 bridgehead atoms. The van der Waals surface area contributed by atoms with Gasteiger partial charge in [0.25, 0.3) is 17.5 Å². The Morgan fingerprint density at radius 2 is 1.71 bits per heavy atom. The number of amides is 2. The Bertz CT molecular complexity index is 1240. The standard InChI is InChI=1S/C23H17FN4O6/c24-18-3-1-2-17(12-18)22(30)25-14-21(29)27-26-13-15-4-10-20(11-5-15)34-23(31)16-6-8-19(9-7-16)28(32)33/h1-13H,14H2,(H,25,30)(H,27,29)/b26-13-. The largest absolute Gasteiger partial charge is 0.423 e. The van der Waals surface area contributed by atoms with Gasteiger partial charge in [0.05, 0.1) is 23.2 Å². The van der Waals surface area contributed by atoms with E-state index in [1.807, 2.05) is 0 Å². The van der Waals surface area contributed by atoms with Crippen LogP contribution in [0, 0.1) is 15.9 Å². The maximum absolute atomic E-state index is 13.1. The van der Waals surface area contributed by atoms with Crippen LogP contribution in [0.1, 0.15) is 26.3 Å². The number of hydrogen-bond acceptors (Lipinski definition) is 7. The predicted octanol–water partition coefficient (Wildman–Crippen LogP) is 2.83. The van der Waals surface area contributed by atoms with Crippen LogP contribution in [-0.4, -0.2) is 35.5 Å². The lowest BCUT2D eigenvalue weighted by Crippen LogP contribution is -2.34. The molecular weight excluding hydrogens is 447 g/mol. The van der Waals surface area contributed by atoms with Gasteiger partial charge >= 0.3 is 5.97 Å². The maximum Gasteiger partial charge on any atom is 0.343 e. The highest BCUT2D eigenvalue weighted by Crippen LogP contribution is 2.16. The van der Waals surface area contributed by atoms with Crippen LogP contribution in [0.25, 0.3) is 0 Å². The van der Waals surface area contributed by atoms with E-state index < -0.39 is 28.5 Å². The molecular formula is C23H17FN4O6. The molecule has 0 aliphatic heterocycles. The number of nitrogens with zero attached hydrogens (tertiary/aromatic N) is 2. The monoisotopic (exact) mass is 464 g/mol. The zero-order valence-electron chi connectivity index (χ0n) is 17.4. The molecule has 0 aliphatic rings. The van der Waals surface area contributed by atoms with Gasteiger partial charge in [0.1, 0.15) is 11.6 Å². The van der Waals surface area contributed by atoms with E-state index in [1.54, 1.807) is 12.1 Å². The maximum atomic E-state index is 13.1. The highest BCUT2D eigenvalue weighted by molar-refractivity contribution is 5.96. The lowest BCUT2D eigenvalue weighted by atomic mass is 10.2. The van der Waals surface area contributed by atoms with E-state index in [9.17, 15) is 28.9 Å². The summed E-state index contributed by atoms with van der Waals surface area (Å²) >= 11 is 0. The van der Waals surface area contributed by atoms with Crippen molar-refractivity contribution in [1.29, 1.82) is 0 Å². The number of nitro groups is 1. The van der Waals surface area contributed by atoms with E-state index in [0.29, 0.717) is 5.56 Å². The molecule has 10 nitrogen and oxygen atoms in total. The first kappa shape index (κ1) is 23.7. The molecule has 0 unspecified atom stereocenters. The number of carbonyl (C=O) groups excluding carboxylic acids is 3. The van der Waals surface area contributed by atoms with Gasteiger partial charge < -0.3 is 10.1 Å². The summed E-state index contributed by atoms with van der Waals surface area (Å²) in [4.78, 5) is 45.9. The first-order chi connectivity index (χ1) is 16.3. The molecule has 172 valence electrons. The first-order valence-corrected chi connectivity index (χ1v) is 9.74. The number of rotatable bonds is 8. The topological polar surface area (TPSA) is 140 Å². The van der Waals surface area contributed by atoms with Crippen molar-refractivity contribution in [1.82, 2.24) is 10.7 Å². The van der Waals surface area contributed by atoms with Crippen molar-refractivity contribution < 1.29 is 28.4 Å². The van der Waals surface area contributed by atoms with E-state index in [2.05, 4.69) is 15.8 Å². The summed E-state index contributed by atoms with van der Waals surface area (Å²) in [6.45, 7) is -0.357. The number of halogens is 1. The molecule has 34 heavy (non-hydrogen) atoms. The molecule has 3 rings (SSSR count). The second-order valence-electron chi connectivity index (χ2n) is 6.75. The number of benzene rings is 3. The van der Waals surface area contributed by atoms with Gasteiger partial charge in [0.2, 0.25) is 0 Å². The van der Waals surface area contributed by atoms with Crippen molar-refractivity contribution in [3.8, 4) is 5.75 Å². The highest BCUT2D eigenvalue weighted by atomic mass is 19.1. The third-order valence-electron chi connectivity index (χ3n) is 4.30. The Hall–Kier alpha value is -4.93. The predicted molar refractivity (Wildman–Crippen MR) is 119 cm³/mol. The van der Waals surface area contributed by atoms with E-state index in [4.69, 9.17) is 4.74 Å². The van der Waals surface area contributed by atoms with Crippen LogP contribution < -0.4 is 15.5 Å². The van der Waals surface area contributed by atoms with Crippen LogP contribution in [0.2, 0.25) is 0 Å². The molecule has 0 heterocycles. The Morgan fingerprint density at radius 3 is 2.35 bits per heavy atom. The van der Waals surface area contributed by atoms with Crippen molar-refractivity contribution in [2.75, 3.05) is 6.54 Å². The lowest BCUT2D eigenvalue weighted by Gasteiger charge is -2.05. The highest BCUT2D eigenvalue weighted by Gasteiger charge is 2.12. The molecule has 0 saturated heterocycles. The number of non-ortho nitro benzene ring substituents is 1. The van der Waals surface area contributed by atoms with E-state index in [0.717, 1.165) is 6.07 Å². The summed E-state index contributed by atoms with van der Waals surface area (Å²) in [6, 6.07) is 16.2. The quantitative estimate of drug-likeness (QED) is 0.173. The number of esters is 1. The van der Waals surface area contributed by atoms with Gasteiger partial charge in [-0.3, -0.25) is 19.7 Å². The van der Waals surface area contributed by atoms with Crippen molar-refractivity contribution in [3.05, 3.63) is 105 Å². The van der Waals surface area contributed by atoms with Gasteiger partial charge in [0, 0.05) is 17.7 Å². The van der Waals surface area contributed by atoms with Gasteiger partial charge in [0.15, 0.2) is 0 Å². The average molecular weight is 464 g/mol. The fourth-order valence-electron chi connectivity index (χ4n) is 2.62. The number of carbonyl (C=O) groups is 3. The molecule has 0 radical (unpaired) electrons. The Kier molecular flexibility index (Phi) is 7.74. The van der Waals surface area contributed by atoms with E-state index in [1.165, 1.54) is 60.8 Å². The van der Waals surface area contributed by atoms with E-state index >= 15 is 0 Å². The molecule has 0 spiro atoms. The van der Waals surface area contributed by atoms with Crippen LogP contribution in [0.5, 0.6) is 5.75 Å². The minimum Gasteiger partial charge on any atom is -0.423 e.